The molecular weight excluding hydrogens is 180 g/mol. The van der Waals surface area contributed by atoms with Crippen LogP contribution < -0.4 is 0 Å². The Morgan fingerprint density at radius 2 is 2.21 bits per heavy atom. The second kappa shape index (κ2) is 4.21. The zero-order valence-corrected chi connectivity index (χ0v) is 9.03. The van der Waals surface area contributed by atoms with Gasteiger partial charge in [-0.05, 0) is 12.8 Å². The van der Waals surface area contributed by atoms with Gasteiger partial charge < -0.3 is 4.90 Å². The first-order valence-electron chi connectivity index (χ1n) is 4.65. The van der Waals surface area contributed by atoms with Crippen molar-refractivity contribution in [3.8, 4) is 0 Å². The Kier molecular flexibility index (Phi) is 3.22. The molecule has 1 aromatic rings. The third kappa shape index (κ3) is 2.55. The van der Waals surface area contributed by atoms with Gasteiger partial charge in [-0.25, -0.2) is 4.98 Å². The molecule has 1 aromatic heterocycles. The van der Waals surface area contributed by atoms with Crippen LogP contribution in [0.4, 0.5) is 0 Å². The van der Waals surface area contributed by atoms with Crippen molar-refractivity contribution >= 4 is 5.91 Å². The molecule has 14 heavy (non-hydrogen) atoms. The van der Waals surface area contributed by atoms with Crippen molar-refractivity contribution in [3.63, 3.8) is 0 Å². The summed E-state index contributed by atoms with van der Waals surface area (Å²) >= 11 is 0. The van der Waals surface area contributed by atoms with Crippen molar-refractivity contribution in [1.29, 1.82) is 0 Å². The molecule has 0 aliphatic rings. The third-order valence-electron chi connectivity index (χ3n) is 1.77. The number of nitrogens with one attached hydrogen (secondary N) is 1. The summed E-state index contributed by atoms with van der Waals surface area (Å²) < 4.78 is 0. The predicted octanol–water partition coefficient (Wildman–Crippen LogP) is 0.841. The Bertz CT molecular complexity index is 318. The van der Waals surface area contributed by atoms with Gasteiger partial charge in [-0.15, -0.1) is 5.10 Å². The summed E-state index contributed by atoms with van der Waals surface area (Å²) in [6.45, 7) is 6.61. The van der Waals surface area contributed by atoms with Crippen molar-refractivity contribution in [2.45, 2.75) is 20.8 Å². The fraction of sp³-hybridized carbons (Fsp3) is 0.667. The minimum absolute atomic E-state index is 0.136. The monoisotopic (exact) mass is 196 g/mol. The number of nitrogens with zero attached hydrogens (tertiary/aromatic N) is 3. The van der Waals surface area contributed by atoms with Crippen LogP contribution >= 0.6 is 0 Å². The summed E-state index contributed by atoms with van der Waals surface area (Å²) in [5.74, 6) is 1.21. The molecule has 1 N–H and O–H groups in total. The van der Waals surface area contributed by atoms with Gasteiger partial charge in [0.1, 0.15) is 5.82 Å². The van der Waals surface area contributed by atoms with Gasteiger partial charge in [-0.2, -0.15) is 0 Å². The van der Waals surface area contributed by atoms with Gasteiger partial charge >= 0.3 is 0 Å². The van der Waals surface area contributed by atoms with E-state index in [1.165, 1.54) is 0 Å². The van der Waals surface area contributed by atoms with Crippen LogP contribution in [0.15, 0.2) is 0 Å². The quantitative estimate of drug-likeness (QED) is 0.779. The minimum atomic E-state index is -0.136. The molecule has 0 aliphatic heterocycles. The summed E-state index contributed by atoms with van der Waals surface area (Å²) in [6, 6.07) is 0. The van der Waals surface area contributed by atoms with E-state index in [4.69, 9.17) is 0 Å². The van der Waals surface area contributed by atoms with Crippen molar-refractivity contribution in [2.24, 2.45) is 5.92 Å². The smallest absolute Gasteiger partial charge is 0.293 e. The maximum Gasteiger partial charge on any atom is 0.293 e. The summed E-state index contributed by atoms with van der Waals surface area (Å²) in [7, 11) is 1.76. The molecule has 0 saturated heterocycles. The minimum Gasteiger partial charge on any atom is -0.339 e. The summed E-state index contributed by atoms with van der Waals surface area (Å²) in [5, 5.41) is 6.47. The number of hydrogen-bond donors (Lipinski definition) is 1. The number of carbonyl (C=O) groups excluding carboxylic acids is 1. The number of aromatic nitrogens is 3. The van der Waals surface area contributed by atoms with Crippen LogP contribution in [0.1, 0.15) is 30.3 Å². The van der Waals surface area contributed by atoms with E-state index < -0.39 is 0 Å². The molecule has 0 aliphatic carbocycles. The van der Waals surface area contributed by atoms with Gasteiger partial charge in [-0.1, -0.05) is 13.8 Å². The summed E-state index contributed by atoms with van der Waals surface area (Å²) in [6.07, 6.45) is 0. The number of carbonyl (C=O) groups is 1. The first-order chi connectivity index (χ1) is 6.50. The van der Waals surface area contributed by atoms with Gasteiger partial charge in [0, 0.05) is 13.6 Å². The topological polar surface area (TPSA) is 61.9 Å². The molecule has 1 heterocycles. The van der Waals surface area contributed by atoms with Crippen molar-refractivity contribution in [3.05, 3.63) is 11.6 Å². The van der Waals surface area contributed by atoms with Crippen LogP contribution in [0, 0.1) is 12.8 Å². The molecule has 0 bridgehead atoms. The maximum absolute atomic E-state index is 11.7. The molecule has 0 radical (unpaired) electrons. The Morgan fingerprint density at radius 1 is 1.57 bits per heavy atom. The molecule has 78 valence electrons. The molecule has 1 rings (SSSR count). The second-order valence-electron chi connectivity index (χ2n) is 3.82. The third-order valence-corrected chi connectivity index (χ3v) is 1.77. The zero-order chi connectivity index (χ0) is 10.7. The van der Waals surface area contributed by atoms with Gasteiger partial charge in [0.15, 0.2) is 0 Å². The van der Waals surface area contributed by atoms with E-state index in [0.29, 0.717) is 18.3 Å². The predicted molar refractivity (Wildman–Crippen MR) is 52.9 cm³/mol. The fourth-order valence-corrected chi connectivity index (χ4v) is 1.24. The highest BCUT2D eigenvalue weighted by Gasteiger charge is 2.16. The number of aromatic amines is 1. The van der Waals surface area contributed by atoms with Crippen molar-refractivity contribution in [1.82, 2.24) is 20.1 Å². The van der Waals surface area contributed by atoms with E-state index >= 15 is 0 Å². The standard InChI is InChI=1S/C9H16N4O/c1-6(2)5-13(4)9(14)8-10-7(3)11-12-8/h6H,5H2,1-4H3,(H,10,11,12). The van der Waals surface area contributed by atoms with Crippen LogP contribution in [0.25, 0.3) is 0 Å². The lowest BCUT2D eigenvalue weighted by molar-refractivity contribution is 0.0767. The van der Waals surface area contributed by atoms with Crippen LogP contribution in [-0.2, 0) is 0 Å². The van der Waals surface area contributed by atoms with E-state index in [1.54, 1.807) is 18.9 Å². The Balaban J connectivity index is 2.65. The van der Waals surface area contributed by atoms with Crippen LogP contribution in [-0.4, -0.2) is 39.6 Å². The largest absolute Gasteiger partial charge is 0.339 e. The summed E-state index contributed by atoms with van der Waals surface area (Å²) in [4.78, 5) is 17.3. The normalized spacial score (nSPS) is 10.6. The van der Waals surface area contributed by atoms with Crippen molar-refractivity contribution in [2.75, 3.05) is 13.6 Å². The van der Waals surface area contributed by atoms with Crippen LogP contribution in [0.3, 0.4) is 0 Å². The summed E-state index contributed by atoms with van der Waals surface area (Å²) in [5.41, 5.74) is 0. The van der Waals surface area contributed by atoms with Gasteiger partial charge in [0.05, 0.1) is 0 Å². The van der Waals surface area contributed by atoms with E-state index in [-0.39, 0.29) is 11.7 Å². The van der Waals surface area contributed by atoms with Crippen molar-refractivity contribution < 1.29 is 4.79 Å². The molecule has 0 atom stereocenters. The Morgan fingerprint density at radius 3 is 2.64 bits per heavy atom. The number of rotatable bonds is 3. The first-order valence-corrected chi connectivity index (χ1v) is 4.65. The number of aryl methyl sites for hydroxylation is 1. The Hall–Kier alpha value is -1.39. The van der Waals surface area contributed by atoms with Crippen LogP contribution in [0.2, 0.25) is 0 Å². The van der Waals surface area contributed by atoms with Crippen LogP contribution in [0.5, 0.6) is 0 Å². The first kappa shape index (κ1) is 10.7. The van der Waals surface area contributed by atoms with Gasteiger partial charge in [0.2, 0.25) is 5.82 Å². The SMILES string of the molecule is Cc1nc(C(=O)N(C)CC(C)C)n[nH]1. The maximum atomic E-state index is 11.7. The van der Waals surface area contributed by atoms with Gasteiger partial charge in [0.25, 0.3) is 5.91 Å². The van der Waals surface area contributed by atoms with E-state index in [1.807, 2.05) is 0 Å². The molecule has 1 amide bonds. The second-order valence-corrected chi connectivity index (χ2v) is 3.82. The average Bonchev–Trinajstić information content (AvgIpc) is 2.49. The van der Waals surface area contributed by atoms with E-state index in [0.717, 1.165) is 0 Å². The molecule has 5 heteroatoms. The molecule has 0 aromatic carbocycles. The highest BCUT2D eigenvalue weighted by atomic mass is 16.2. The highest BCUT2D eigenvalue weighted by molar-refractivity contribution is 5.90. The highest BCUT2D eigenvalue weighted by Crippen LogP contribution is 2.01. The molecule has 0 unspecified atom stereocenters. The van der Waals surface area contributed by atoms with Gasteiger partial charge in [-0.3, -0.25) is 9.89 Å². The number of amides is 1. The molecule has 5 nitrogen and oxygen atoms in total. The number of hydrogen-bond acceptors (Lipinski definition) is 3. The molecule has 0 saturated carbocycles. The molecule has 0 spiro atoms. The molecular formula is C9H16N4O. The van der Waals surface area contributed by atoms with E-state index in [9.17, 15) is 4.79 Å². The number of H-pyrrole nitrogens is 1. The molecule has 0 fully saturated rings. The zero-order valence-electron chi connectivity index (χ0n) is 9.03. The lowest BCUT2D eigenvalue weighted by atomic mass is 10.2. The average molecular weight is 196 g/mol. The Labute approximate surface area is 83.5 Å². The fourth-order valence-electron chi connectivity index (χ4n) is 1.24. The van der Waals surface area contributed by atoms with E-state index in [2.05, 4.69) is 29.0 Å². The lowest BCUT2D eigenvalue weighted by Gasteiger charge is -2.17. The lowest BCUT2D eigenvalue weighted by Crippen LogP contribution is -2.31.